The van der Waals surface area contributed by atoms with E-state index in [4.69, 9.17) is 16.3 Å². The molecule has 3 heteroatoms. The minimum Gasteiger partial charge on any atom is -0.388 e. The predicted octanol–water partition coefficient (Wildman–Crippen LogP) is 4.50. The van der Waals surface area contributed by atoms with Crippen LogP contribution in [0.5, 0.6) is 0 Å². The summed E-state index contributed by atoms with van der Waals surface area (Å²) in [6, 6.07) is 19.7. The van der Waals surface area contributed by atoms with Crippen LogP contribution in [-0.2, 0) is 4.74 Å². The van der Waals surface area contributed by atoms with Crippen LogP contribution in [0.1, 0.15) is 36.2 Å². The largest absolute Gasteiger partial charge is 0.388 e. The van der Waals surface area contributed by atoms with Crippen LogP contribution in [0.4, 0.5) is 0 Å². The number of halogens is 1. The molecule has 0 aliphatic heterocycles. The van der Waals surface area contributed by atoms with Crippen molar-refractivity contribution in [3.05, 3.63) is 71.8 Å². The first-order valence-electron chi connectivity index (χ1n) is 7.27. The highest BCUT2D eigenvalue weighted by Gasteiger charge is 2.13. The summed E-state index contributed by atoms with van der Waals surface area (Å²) in [6.45, 7) is 0.506. The predicted molar refractivity (Wildman–Crippen MR) is 86.5 cm³/mol. The quantitative estimate of drug-likeness (QED) is 0.728. The van der Waals surface area contributed by atoms with E-state index in [2.05, 4.69) is 0 Å². The maximum atomic E-state index is 10.1. The molecule has 2 nitrogen and oxygen atoms in total. The molecule has 0 radical (unpaired) electrons. The summed E-state index contributed by atoms with van der Waals surface area (Å²) in [7, 11) is 0. The first-order valence-corrected chi connectivity index (χ1v) is 7.80. The van der Waals surface area contributed by atoms with Gasteiger partial charge in [0.05, 0.1) is 18.8 Å². The van der Waals surface area contributed by atoms with Gasteiger partial charge in [-0.25, -0.2) is 0 Å². The normalized spacial score (nSPS) is 13.8. The summed E-state index contributed by atoms with van der Waals surface area (Å²) >= 11 is 5.85. The first kappa shape index (κ1) is 16.0. The fourth-order valence-electron chi connectivity index (χ4n) is 2.28. The lowest BCUT2D eigenvalue weighted by Gasteiger charge is -2.19. The number of hydrogen-bond donors (Lipinski definition) is 1. The van der Waals surface area contributed by atoms with Gasteiger partial charge in [-0.3, -0.25) is 0 Å². The molecular formula is C18H21ClO2. The second kappa shape index (κ2) is 8.83. The number of rotatable bonds is 8. The van der Waals surface area contributed by atoms with Crippen molar-refractivity contribution in [1.29, 1.82) is 0 Å². The summed E-state index contributed by atoms with van der Waals surface area (Å²) in [4.78, 5) is 0. The van der Waals surface area contributed by atoms with Gasteiger partial charge in [0.25, 0.3) is 0 Å². The minimum absolute atomic E-state index is 0.00771. The van der Waals surface area contributed by atoms with E-state index in [9.17, 15) is 5.11 Å². The Bertz CT molecular complexity index is 501. The van der Waals surface area contributed by atoms with E-state index in [1.165, 1.54) is 0 Å². The molecule has 0 fully saturated rings. The molecule has 21 heavy (non-hydrogen) atoms. The highest BCUT2D eigenvalue weighted by Crippen LogP contribution is 2.23. The fourth-order valence-corrected chi connectivity index (χ4v) is 2.47. The lowest BCUT2D eigenvalue weighted by Crippen LogP contribution is -2.09. The van der Waals surface area contributed by atoms with Crippen LogP contribution >= 0.6 is 11.6 Å². The summed E-state index contributed by atoms with van der Waals surface area (Å²) in [6.07, 6.45) is 0.855. The van der Waals surface area contributed by atoms with Crippen molar-refractivity contribution in [1.82, 2.24) is 0 Å². The molecule has 0 aromatic heterocycles. The van der Waals surface area contributed by atoms with E-state index in [-0.39, 0.29) is 6.10 Å². The Morgan fingerprint density at radius 1 is 0.857 bits per heavy atom. The Kier molecular flexibility index (Phi) is 6.74. The Morgan fingerprint density at radius 2 is 1.43 bits per heavy atom. The molecule has 2 atom stereocenters. The molecule has 0 saturated carbocycles. The molecular weight excluding hydrogens is 284 g/mol. The molecule has 0 bridgehead atoms. The zero-order chi connectivity index (χ0) is 14.9. The van der Waals surface area contributed by atoms with E-state index >= 15 is 0 Å². The van der Waals surface area contributed by atoms with Gasteiger partial charge in [0.1, 0.15) is 0 Å². The van der Waals surface area contributed by atoms with Crippen molar-refractivity contribution in [3.63, 3.8) is 0 Å². The van der Waals surface area contributed by atoms with Gasteiger partial charge in [-0.2, -0.15) is 0 Å². The number of ether oxygens (including phenoxy) is 1. The van der Waals surface area contributed by atoms with Gasteiger partial charge in [-0.1, -0.05) is 60.7 Å². The fraction of sp³-hybridized carbons (Fsp3) is 0.333. The lowest BCUT2D eigenvalue weighted by atomic mass is 10.1. The molecule has 0 unspecified atom stereocenters. The van der Waals surface area contributed by atoms with E-state index < -0.39 is 6.10 Å². The van der Waals surface area contributed by atoms with Crippen LogP contribution < -0.4 is 0 Å². The topological polar surface area (TPSA) is 29.5 Å². The van der Waals surface area contributed by atoms with Crippen molar-refractivity contribution in [2.45, 2.75) is 25.0 Å². The van der Waals surface area contributed by atoms with Gasteiger partial charge in [-0.05, 0) is 17.5 Å². The highest BCUT2D eigenvalue weighted by molar-refractivity contribution is 6.17. The SMILES string of the molecule is O[C@H](CCO[C@H](CCCl)c1ccccc1)c1ccccc1. The second-order valence-corrected chi connectivity index (χ2v) is 5.34. The van der Waals surface area contributed by atoms with Crippen molar-refractivity contribution in [2.24, 2.45) is 0 Å². The zero-order valence-corrected chi connectivity index (χ0v) is 12.7. The van der Waals surface area contributed by atoms with Crippen LogP contribution in [0.25, 0.3) is 0 Å². The number of benzene rings is 2. The van der Waals surface area contributed by atoms with Crippen LogP contribution in [0.2, 0.25) is 0 Å². The summed E-state index contributed by atoms with van der Waals surface area (Å²) in [5.41, 5.74) is 2.06. The van der Waals surface area contributed by atoms with E-state index in [1.54, 1.807) is 0 Å². The van der Waals surface area contributed by atoms with Crippen LogP contribution in [-0.4, -0.2) is 17.6 Å². The highest BCUT2D eigenvalue weighted by atomic mass is 35.5. The van der Waals surface area contributed by atoms with Crippen LogP contribution in [0, 0.1) is 0 Å². The van der Waals surface area contributed by atoms with Gasteiger partial charge in [-0.15, -0.1) is 11.6 Å². The molecule has 1 N–H and O–H groups in total. The van der Waals surface area contributed by atoms with Gasteiger partial charge in [0, 0.05) is 12.3 Å². The Labute approximate surface area is 131 Å². The smallest absolute Gasteiger partial charge is 0.0836 e. The molecule has 0 amide bonds. The van der Waals surface area contributed by atoms with E-state index in [1.807, 2.05) is 60.7 Å². The molecule has 2 rings (SSSR count). The number of hydrogen-bond acceptors (Lipinski definition) is 2. The average Bonchev–Trinajstić information content (AvgIpc) is 2.55. The van der Waals surface area contributed by atoms with E-state index in [0.29, 0.717) is 18.9 Å². The van der Waals surface area contributed by atoms with Crippen molar-refractivity contribution < 1.29 is 9.84 Å². The standard InChI is InChI=1S/C18H21ClO2/c19-13-11-18(16-9-5-2-6-10-16)21-14-12-17(20)15-7-3-1-4-8-15/h1-10,17-18,20H,11-14H2/t17-,18-/m1/s1. The lowest BCUT2D eigenvalue weighted by molar-refractivity contribution is 0.0254. The first-order chi connectivity index (χ1) is 10.3. The number of alkyl halides is 1. The van der Waals surface area contributed by atoms with Crippen molar-refractivity contribution in [2.75, 3.05) is 12.5 Å². The van der Waals surface area contributed by atoms with Crippen LogP contribution in [0.15, 0.2) is 60.7 Å². The second-order valence-electron chi connectivity index (χ2n) is 4.96. The summed E-state index contributed by atoms with van der Waals surface area (Å²) in [5, 5.41) is 10.1. The van der Waals surface area contributed by atoms with Gasteiger partial charge >= 0.3 is 0 Å². The molecule has 2 aromatic carbocycles. The molecule has 0 aliphatic rings. The molecule has 112 valence electrons. The molecule has 0 spiro atoms. The monoisotopic (exact) mass is 304 g/mol. The van der Waals surface area contributed by atoms with Gasteiger partial charge < -0.3 is 9.84 Å². The third-order valence-electron chi connectivity index (χ3n) is 3.44. The van der Waals surface area contributed by atoms with Gasteiger partial charge in [0.15, 0.2) is 0 Å². The molecule has 2 aromatic rings. The summed E-state index contributed by atoms with van der Waals surface area (Å²) in [5.74, 6) is 0.556. The third kappa shape index (κ3) is 5.16. The van der Waals surface area contributed by atoms with Crippen LogP contribution in [0.3, 0.4) is 0 Å². The maximum absolute atomic E-state index is 10.1. The Hall–Kier alpha value is -1.35. The zero-order valence-electron chi connectivity index (χ0n) is 12.0. The molecule has 0 heterocycles. The van der Waals surface area contributed by atoms with Crippen molar-refractivity contribution in [3.8, 4) is 0 Å². The molecule has 0 aliphatic carbocycles. The molecule has 0 saturated heterocycles. The summed E-state index contributed by atoms with van der Waals surface area (Å²) < 4.78 is 5.92. The Morgan fingerprint density at radius 3 is 2.00 bits per heavy atom. The van der Waals surface area contributed by atoms with Gasteiger partial charge in [0.2, 0.25) is 0 Å². The minimum atomic E-state index is -0.487. The van der Waals surface area contributed by atoms with Crippen molar-refractivity contribution >= 4 is 11.6 Å². The third-order valence-corrected chi connectivity index (χ3v) is 3.66. The number of aliphatic hydroxyl groups is 1. The average molecular weight is 305 g/mol. The van der Waals surface area contributed by atoms with E-state index in [0.717, 1.165) is 17.5 Å². The number of aliphatic hydroxyl groups excluding tert-OH is 1. The Balaban J connectivity index is 1.85. The maximum Gasteiger partial charge on any atom is 0.0836 e.